The predicted molar refractivity (Wildman–Crippen MR) is 111 cm³/mol. The molecule has 0 saturated carbocycles. The van der Waals surface area contributed by atoms with Gasteiger partial charge in [-0.1, -0.05) is 58.0 Å². The van der Waals surface area contributed by atoms with Gasteiger partial charge in [-0.05, 0) is 71.0 Å². The third kappa shape index (κ3) is 3.87. The molecule has 0 unspecified atom stereocenters. The molecule has 3 rings (SSSR count). The lowest BCUT2D eigenvalue weighted by molar-refractivity contribution is 0.416. The molecule has 132 valence electrons. The zero-order chi connectivity index (χ0) is 18.4. The number of fused-ring (bicyclic) bond motifs is 1. The van der Waals surface area contributed by atoms with Gasteiger partial charge >= 0.3 is 0 Å². The van der Waals surface area contributed by atoms with Crippen molar-refractivity contribution in [3.8, 4) is 16.9 Å². The van der Waals surface area contributed by atoms with Gasteiger partial charge in [0.2, 0.25) is 0 Å². The predicted octanol–water partition coefficient (Wildman–Crippen LogP) is 6.97. The van der Waals surface area contributed by atoms with E-state index in [-0.39, 0.29) is 0 Å². The maximum Gasteiger partial charge on any atom is 0.126 e. The number of benzene rings is 3. The molecule has 3 aromatic rings. The fourth-order valence-corrected chi connectivity index (χ4v) is 3.35. The Morgan fingerprint density at radius 1 is 0.760 bits per heavy atom. The molecule has 0 fully saturated rings. The lowest BCUT2D eigenvalue weighted by Gasteiger charge is -2.16. The molecule has 0 spiro atoms. The number of rotatable bonds is 4. The monoisotopic (exact) mass is 334 g/mol. The summed E-state index contributed by atoms with van der Waals surface area (Å²) in [5.41, 5.74) is 6.54. The molecule has 0 aliphatic rings. The quantitative estimate of drug-likeness (QED) is 0.500. The van der Waals surface area contributed by atoms with E-state index in [4.69, 9.17) is 4.74 Å². The summed E-state index contributed by atoms with van der Waals surface area (Å²) in [6.07, 6.45) is 2.09. The molecule has 0 aliphatic heterocycles. The van der Waals surface area contributed by atoms with Gasteiger partial charge in [0.1, 0.15) is 5.75 Å². The van der Waals surface area contributed by atoms with Crippen LogP contribution in [0.3, 0.4) is 0 Å². The molecular formula is C24H30O. The Balaban J connectivity index is 0.00000109. The summed E-state index contributed by atoms with van der Waals surface area (Å²) in [4.78, 5) is 0. The second-order valence-corrected chi connectivity index (χ2v) is 6.04. The topological polar surface area (TPSA) is 9.23 Å². The van der Waals surface area contributed by atoms with Gasteiger partial charge in [0, 0.05) is 5.56 Å². The Morgan fingerprint density at radius 2 is 1.32 bits per heavy atom. The van der Waals surface area contributed by atoms with Gasteiger partial charge < -0.3 is 4.74 Å². The number of hydrogen-bond donors (Lipinski definition) is 0. The smallest absolute Gasteiger partial charge is 0.126 e. The maximum absolute atomic E-state index is 5.71. The van der Waals surface area contributed by atoms with E-state index in [9.17, 15) is 0 Å². The van der Waals surface area contributed by atoms with Crippen molar-refractivity contribution >= 4 is 10.8 Å². The third-order valence-electron chi connectivity index (χ3n) is 4.67. The summed E-state index contributed by atoms with van der Waals surface area (Å²) in [6, 6.07) is 17.6. The van der Waals surface area contributed by atoms with E-state index in [0.717, 1.165) is 18.6 Å². The molecule has 1 nitrogen and oxygen atoms in total. The van der Waals surface area contributed by atoms with Crippen molar-refractivity contribution in [1.29, 1.82) is 0 Å². The van der Waals surface area contributed by atoms with Crippen LogP contribution in [-0.4, -0.2) is 7.11 Å². The number of ether oxygens (including phenoxy) is 1. The van der Waals surface area contributed by atoms with Crippen LogP contribution in [0.25, 0.3) is 21.9 Å². The normalized spacial score (nSPS) is 10.3. The molecule has 25 heavy (non-hydrogen) atoms. The van der Waals surface area contributed by atoms with Crippen LogP contribution in [0.4, 0.5) is 0 Å². The van der Waals surface area contributed by atoms with Gasteiger partial charge in [-0.3, -0.25) is 0 Å². The standard InChI is InChI=1S/C22H24O.C2H6/c1-5-16-12-21(22(23-4)14-17(16)6-2)20-13-19-10-8-7-9-18(19)11-15(20)3;1-2/h7-14H,5-6H2,1-4H3;1-2H3. The van der Waals surface area contributed by atoms with Gasteiger partial charge in [-0.15, -0.1) is 0 Å². The van der Waals surface area contributed by atoms with Crippen molar-refractivity contribution in [2.24, 2.45) is 0 Å². The SMILES string of the molecule is CC.CCc1cc(OC)c(-c2cc3ccccc3cc2C)cc1CC. The van der Waals surface area contributed by atoms with Crippen molar-refractivity contribution < 1.29 is 4.74 Å². The lowest BCUT2D eigenvalue weighted by atomic mass is 9.91. The first-order valence-corrected chi connectivity index (χ1v) is 9.37. The summed E-state index contributed by atoms with van der Waals surface area (Å²) < 4.78 is 5.71. The second-order valence-electron chi connectivity index (χ2n) is 6.04. The molecule has 1 heteroatoms. The molecule has 0 aromatic heterocycles. The van der Waals surface area contributed by atoms with Crippen molar-refractivity contribution in [2.45, 2.75) is 47.5 Å². The van der Waals surface area contributed by atoms with E-state index in [1.54, 1.807) is 7.11 Å². The molecule has 0 N–H and O–H groups in total. The summed E-state index contributed by atoms with van der Waals surface area (Å²) in [6.45, 7) is 10.6. The number of methoxy groups -OCH3 is 1. The summed E-state index contributed by atoms with van der Waals surface area (Å²) in [7, 11) is 1.76. The minimum absolute atomic E-state index is 0.970. The maximum atomic E-state index is 5.71. The van der Waals surface area contributed by atoms with E-state index >= 15 is 0 Å². The molecule has 0 heterocycles. The van der Waals surface area contributed by atoms with E-state index in [1.807, 2.05) is 13.8 Å². The van der Waals surface area contributed by atoms with Crippen LogP contribution in [0.5, 0.6) is 5.75 Å². The molecule has 0 bridgehead atoms. The highest BCUT2D eigenvalue weighted by Crippen LogP contribution is 2.37. The number of aryl methyl sites for hydroxylation is 3. The zero-order valence-electron chi connectivity index (χ0n) is 16.4. The van der Waals surface area contributed by atoms with Crippen molar-refractivity contribution in [3.05, 3.63) is 65.2 Å². The van der Waals surface area contributed by atoms with Crippen molar-refractivity contribution in [2.75, 3.05) is 7.11 Å². The van der Waals surface area contributed by atoms with Crippen LogP contribution in [0.1, 0.15) is 44.4 Å². The molecule has 0 saturated heterocycles. The van der Waals surface area contributed by atoms with Crippen molar-refractivity contribution in [3.63, 3.8) is 0 Å². The van der Waals surface area contributed by atoms with Crippen LogP contribution < -0.4 is 4.74 Å². The molecule has 3 aromatic carbocycles. The fourth-order valence-electron chi connectivity index (χ4n) is 3.35. The van der Waals surface area contributed by atoms with E-state index in [1.165, 1.54) is 38.6 Å². The molecular weight excluding hydrogens is 304 g/mol. The van der Waals surface area contributed by atoms with Gasteiger partial charge in [-0.2, -0.15) is 0 Å². The largest absolute Gasteiger partial charge is 0.496 e. The average Bonchev–Trinajstić information content (AvgIpc) is 2.67. The van der Waals surface area contributed by atoms with E-state index in [0.29, 0.717) is 0 Å². The Labute approximate surface area is 152 Å². The summed E-state index contributed by atoms with van der Waals surface area (Å²) in [5, 5.41) is 2.56. The van der Waals surface area contributed by atoms with E-state index < -0.39 is 0 Å². The minimum atomic E-state index is 0.970. The first-order valence-electron chi connectivity index (χ1n) is 9.37. The highest BCUT2D eigenvalue weighted by molar-refractivity contribution is 5.90. The van der Waals surface area contributed by atoms with Crippen molar-refractivity contribution in [1.82, 2.24) is 0 Å². The Bertz CT molecular complexity index is 846. The van der Waals surface area contributed by atoms with Gasteiger partial charge in [0.15, 0.2) is 0 Å². The first-order chi connectivity index (χ1) is 12.2. The molecule has 0 aliphatic carbocycles. The Hall–Kier alpha value is -2.28. The Kier molecular flexibility index (Phi) is 6.64. The van der Waals surface area contributed by atoms with Crippen LogP contribution in [-0.2, 0) is 12.8 Å². The average molecular weight is 335 g/mol. The van der Waals surface area contributed by atoms with Crippen LogP contribution in [0.15, 0.2) is 48.5 Å². The minimum Gasteiger partial charge on any atom is -0.496 e. The van der Waals surface area contributed by atoms with E-state index in [2.05, 4.69) is 69.3 Å². The highest BCUT2D eigenvalue weighted by atomic mass is 16.5. The zero-order valence-corrected chi connectivity index (χ0v) is 16.4. The molecule has 0 atom stereocenters. The van der Waals surface area contributed by atoms with Crippen LogP contribution in [0.2, 0.25) is 0 Å². The van der Waals surface area contributed by atoms with Crippen LogP contribution >= 0.6 is 0 Å². The fraction of sp³-hybridized carbons (Fsp3) is 0.333. The summed E-state index contributed by atoms with van der Waals surface area (Å²) >= 11 is 0. The van der Waals surface area contributed by atoms with Crippen LogP contribution in [0, 0.1) is 6.92 Å². The Morgan fingerprint density at radius 3 is 1.88 bits per heavy atom. The second kappa shape index (κ2) is 8.71. The summed E-state index contributed by atoms with van der Waals surface area (Å²) in [5.74, 6) is 0.970. The third-order valence-corrected chi connectivity index (χ3v) is 4.67. The van der Waals surface area contributed by atoms with Gasteiger partial charge in [-0.25, -0.2) is 0 Å². The first kappa shape index (κ1) is 19.1. The van der Waals surface area contributed by atoms with Gasteiger partial charge in [0.05, 0.1) is 7.11 Å². The highest BCUT2D eigenvalue weighted by Gasteiger charge is 2.13. The lowest BCUT2D eigenvalue weighted by Crippen LogP contribution is -1.97. The number of hydrogen-bond acceptors (Lipinski definition) is 1. The molecule has 0 amide bonds. The van der Waals surface area contributed by atoms with Gasteiger partial charge in [0.25, 0.3) is 0 Å². The molecule has 0 radical (unpaired) electrons.